The van der Waals surface area contributed by atoms with Crippen LogP contribution in [-0.4, -0.2) is 66.2 Å². The number of nitrogens with one attached hydrogen (secondary N) is 3. The Morgan fingerprint density at radius 2 is 1.67 bits per heavy atom. The molecular weight excluding hydrogens is 584 g/mol. The molecule has 2 aromatic rings. The zero-order valence-corrected chi connectivity index (χ0v) is 25.5. The van der Waals surface area contributed by atoms with Crippen molar-refractivity contribution < 1.29 is 38.4 Å². The average molecular weight is 625 g/mol. The molecule has 45 heavy (non-hydrogen) atoms. The lowest BCUT2D eigenvalue weighted by Gasteiger charge is -2.28. The molecule has 1 fully saturated rings. The Bertz CT molecular complexity index is 1360. The molecule has 1 saturated carbocycles. The highest BCUT2D eigenvalue weighted by Crippen LogP contribution is 2.28. The minimum atomic E-state index is -1.46. The second-order valence-corrected chi connectivity index (χ2v) is 10.9. The first-order valence-corrected chi connectivity index (χ1v) is 15.0. The van der Waals surface area contributed by atoms with Crippen molar-refractivity contribution in [3.8, 4) is 0 Å². The quantitative estimate of drug-likeness (QED) is 0.109. The summed E-state index contributed by atoms with van der Waals surface area (Å²) in [6, 6.07) is 10.8. The van der Waals surface area contributed by atoms with E-state index in [4.69, 9.17) is 9.47 Å². The number of ether oxygens (including phenoxy) is 2. The van der Waals surface area contributed by atoms with Crippen LogP contribution in [0.15, 0.2) is 48.5 Å². The number of ketones is 1. The number of carbonyl (C=O) groups is 5. The number of Topliss-reactive ketones (excluding diaryl/α,β-unsaturated/α-hetero) is 1. The number of benzene rings is 2. The number of nitro benzene ring substituents is 1. The number of amides is 3. The van der Waals surface area contributed by atoms with Gasteiger partial charge in [0.25, 0.3) is 17.5 Å². The first-order chi connectivity index (χ1) is 21.6. The van der Waals surface area contributed by atoms with Gasteiger partial charge in [0, 0.05) is 5.56 Å². The van der Waals surface area contributed by atoms with E-state index in [9.17, 15) is 34.1 Å². The van der Waals surface area contributed by atoms with E-state index in [1.807, 2.05) is 30.3 Å². The highest BCUT2D eigenvalue weighted by molar-refractivity contribution is 6.38. The molecule has 0 saturated heterocycles. The number of nitrogens with zero attached hydrogens (tertiary/aromatic N) is 1. The molecule has 13 nitrogen and oxygen atoms in total. The van der Waals surface area contributed by atoms with Gasteiger partial charge in [0.2, 0.25) is 11.7 Å². The van der Waals surface area contributed by atoms with Crippen molar-refractivity contribution in [1.29, 1.82) is 0 Å². The van der Waals surface area contributed by atoms with Crippen LogP contribution in [0, 0.1) is 23.0 Å². The molecule has 3 amide bonds. The predicted octanol–water partition coefficient (Wildman–Crippen LogP) is 2.92. The molecule has 13 heteroatoms. The fourth-order valence-corrected chi connectivity index (χ4v) is 5.24. The van der Waals surface area contributed by atoms with Gasteiger partial charge in [-0.05, 0) is 37.8 Å². The Morgan fingerprint density at radius 3 is 2.33 bits per heavy atom. The Kier molecular flexibility index (Phi) is 13.6. The van der Waals surface area contributed by atoms with E-state index in [2.05, 4.69) is 16.0 Å². The number of para-hydroxylation sites is 1. The average Bonchev–Trinajstić information content (AvgIpc) is 3.03. The van der Waals surface area contributed by atoms with E-state index in [1.165, 1.54) is 25.1 Å². The third-order valence-electron chi connectivity index (χ3n) is 7.53. The van der Waals surface area contributed by atoms with Crippen LogP contribution in [0.1, 0.15) is 66.9 Å². The van der Waals surface area contributed by atoms with Crippen LogP contribution in [0.5, 0.6) is 0 Å². The van der Waals surface area contributed by atoms with Crippen molar-refractivity contribution in [2.75, 3.05) is 19.8 Å². The van der Waals surface area contributed by atoms with Crippen molar-refractivity contribution >= 4 is 35.2 Å². The topological polar surface area (TPSA) is 183 Å². The summed E-state index contributed by atoms with van der Waals surface area (Å²) in [7, 11) is 0. The van der Waals surface area contributed by atoms with Crippen LogP contribution in [0.3, 0.4) is 0 Å². The molecule has 0 heterocycles. The molecular formula is C32H40N4O9. The van der Waals surface area contributed by atoms with Crippen molar-refractivity contribution in [2.45, 2.75) is 71.1 Å². The standard InChI is InChI=1S/C32H40N4O9/c1-3-45-27(37)18-33-32(41)29(38)26(20-44-19-23-14-8-5-9-15-23)35-31(40)25(17-22-12-6-4-7-13-22)34-30(39)24-16-10-11-21(2)28(24)36(42)43/h5,8-11,14-16,22,25-26H,3-4,6-7,12-13,17-20H2,1-2H3,(H,33,41)(H,34,39)(H,35,40)/t25-,26+/m1/s1. The van der Waals surface area contributed by atoms with Crippen LogP contribution < -0.4 is 16.0 Å². The second kappa shape index (κ2) is 17.6. The number of aryl methyl sites for hydroxylation is 1. The van der Waals surface area contributed by atoms with E-state index in [-0.39, 0.29) is 49.0 Å². The van der Waals surface area contributed by atoms with E-state index in [1.54, 1.807) is 6.92 Å². The largest absolute Gasteiger partial charge is 0.465 e. The monoisotopic (exact) mass is 624 g/mol. The van der Waals surface area contributed by atoms with E-state index in [0.29, 0.717) is 0 Å². The van der Waals surface area contributed by atoms with Gasteiger partial charge in [-0.2, -0.15) is 0 Å². The van der Waals surface area contributed by atoms with Gasteiger partial charge in [0.05, 0.1) is 24.7 Å². The number of rotatable bonds is 16. The highest BCUT2D eigenvalue weighted by atomic mass is 16.6. The number of carbonyl (C=O) groups excluding carboxylic acids is 5. The lowest BCUT2D eigenvalue weighted by atomic mass is 9.84. The third-order valence-corrected chi connectivity index (χ3v) is 7.53. The van der Waals surface area contributed by atoms with Crippen LogP contribution >= 0.6 is 0 Å². The minimum absolute atomic E-state index is 0.0875. The van der Waals surface area contributed by atoms with Crippen molar-refractivity contribution in [3.63, 3.8) is 0 Å². The summed E-state index contributed by atoms with van der Waals surface area (Å²) >= 11 is 0. The summed E-state index contributed by atoms with van der Waals surface area (Å²) in [6.07, 6.45) is 4.90. The van der Waals surface area contributed by atoms with Crippen molar-refractivity contribution in [1.82, 2.24) is 16.0 Å². The summed E-state index contributed by atoms with van der Waals surface area (Å²) in [4.78, 5) is 75.7. The summed E-state index contributed by atoms with van der Waals surface area (Å²) < 4.78 is 10.5. The maximum Gasteiger partial charge on any atom is 0.325 e. The molecule has 0 bridgehead atoms. The van der Waals surface area contributed by atoms with Crippen molar-refractivity contribution in [2.24, 2.45) is 5.92 Å². The number of hydrogen-bond acceptors (Lipinski definition) is 9. The van der Waals surface area contributed by atoms with E-state index in [0.717, 1.165) is 37.7 Å². The Morgan fingerprint density at radius 1 is 0.956 bits per heavy atom. The van der Waals surface area contributed by atoms with Gasteiger partial charge < -0.3 is 25.4 Å². The first-order valence-electron chi connectivity index (χ1n) is 15.0. The van der Waals surface area contributed by atoms with Gasteiger partial charge in [0.1, 0.15) is 24.2 Å². The molecule has 2 atom stereocenters. The summed E-state index contributed by atoms with van der Waals surface area (Å²) in [5.74, 6) is -4.38. The van der Waals surface area contributed by atoms with Crippen LogP contribution in [0.4, 0.5) is 5.69 Å². The fourth-order valence-electron chi connectivity index (χ4n) is 5.24. The van der Waals surface area contributed by atoms with Crippen LogP contribution in [-0.2, 0) is 35.3 Å². The fraction of sp³-hybridized carbons (Fsp3) is 0.469. The molecule has 0 radical (unpaired) electrons. The van der Waals surface area contributed by atoms with Gasteiger partial charge in [-0.15, -0.1) is 0 Å². The Labute approximate surface area is 261 Å². The van der Waals surface area contributed by atoms with Gasteiger partial charge in [-0.3, -0.25) is 34.1 Å². The second-order valence-electron chi connectivity index (χ2n) is 10.9. The Balaban J connectivity index is 1.81. The molecule has 0 unspecified atom stereocenters. The molecule has 1 aliphatic carbocycles. The van der Waals surface area contributed by atoms with Crippen molar-refractivity contribution in [3.05, 3.63) is 75.3 Å². The molecule has 3 rings (SSSR count). The molecule has 1 aliphatic rings. The minimum Gasteiger partial charge on any atom is -0.465 e. The predicted molar refractivity (Wildman–Crippen MR) is 163 cm³/mol. The van der Waals surface area contributed by atoms with Crippen LogP contribution in [0.2, 0.25) is 0 Å². The molecule has 0 spiro atoms. The normalized spacial score (nSPS) is 14.4. The zero-order valence-electron chi connectivity index (χ0n) is 25.5. The molecule has 2 aromatic carbocycles. The summed E-state index contributed by atoms with van der Waals surface area (Å²) in [5, 5.41) is 19.1. The highest BCUT2D eigenvalue weighted by Gasteiger charge is 2.33. The van der Waals surface area contributed by atoms with E-state index >= 15 is 0 Å². The number of esters is 1. The maximum atomic E-state index is 13.7. The number of nitro groups is 1. The zero-order chi connectivity index (χ0) is 32.8. The Hall–Kier alpha value is -4.65. The summed E-state index contributed by atoms with van der Waals surface area (Å²) in [6.45, 7) is 2.37. The molecule has 0 aliphatic heterocycles. The lowest BCUT2D eigenvalue weighted by molar-refractivity contribution is -0.385. The van der Waals surface area contributed by atoms with Gasteiger partial charge in [-0.1, -0.05) is 74.6 Å². The third kappa shape index (κ3) is 10.8. The first kappa shape index (κ1) is 34.8. The summed E-state index contributed by atoms with van der Waals surface area (Å²) in [5.41, 5.74) is 0.519. The van der Waals surface area contributed by atoms with Gasteiger partial charge in [0.15, 0.2) is 0 Å². The molecule has 0 aromatic heterocycles. The van der Waals surface area contributed by atoms with Gasteiger partial charge >= 0.3 is 5.97 Å². The molecule has 3 N–H and O–H groups in total. The SMILES string of the molecule is CCOC(=O)CNC(=O)C(=O)[C@H](COCc1ccccc1)NC(=O)[C@@H](CC1CCCCC1)NC(=O)c1cccc(C)c1[N+](=O)[O-]. The maximum absolute atomic E-state index is 13.7. The smallest absolute Gasteiger partial charge is 0.325 e. The molecule has 242 valence electrons. The number of hydrogen-bond donors (Lipinski definition) is 3. The lowest BCUT2D eigenvalue weighted by Crippen LogP contribution is -2.56. The van der Waals surface area contributed by atoms with Crippen LogP contribution in [0.25, 0.3) is 0 Å². The van der Waals surface area contributed by atoms with E-state index < -0.39 is 53.0 Å². The van der Waals surface area contributed by atoms with Gasteiger partial charge in [-0.25, -0.2) is 0 Å².